The summed E-state index contributed by atoms with van der Waals surface area (Å²) in [7, 11) is 3.47. The van der Waals surface area contributed by atoms with E-state index >= 15 is 0 Å². The van der Waals surface area contributed by atoms with Crippen LogP contribution in [-0.2, 0) is 40.5 Å². The van der Waals surface area contributed by atoms with E-state index < -0.39 is 66.0 Å². The van der Waals surface area contributed by atoms with Gasteiger partial charge in [0.25, 0.3) is 0 Å². The standard InChI is InChI=1S/C26H29NO12/c1-27-8-7-25-20-12-3-4-14(36-2)21(20)39-22(25)15(5-6-26(25,35)17(27)9-12)37-19(31)10-13(28)24(34)38-16(23(32)33)11-18(29)30/h3-5,13,16-17,22,28,35H,6-11H2,1-2H3,(H,29,30)(H,32,33)/t13-,16-,17-,22+,25+,26-/m0/s1. The summed E-state index contributed by atoms with van der Waals surface area (Å²) in [6.45, 7) is 0.662. The molecule has 13 nitrogen and oxygen atoms in total. The molecule has 0 saturated carbocycles. The van der Waals surface area contributed by atoms with Crippen LogP contribution in [0.5, 0.6) is 11.5 Å². The lowest BCUT2D eigenvalue weighted by Crippen LogP contribution is -2.74. The number of nitrogens with zero attached hydrogens (tertiary/aromatic N) is 1. The number of aliphatic hydroxyl groups is 2. The predicted molar refractivity (Wildman–Crippen MR) is 128 cm³/mol. The molecular formula is C26H29NO12. The van der Waals surface area contributed by atoms with Crippen molar-refractivity contribution in [2.45, 2.75) is 67.5 Å². The molecule has 2 aliphatic carbocycles. The molecule has 2 aliphatic heterocycles. The van der Waals surface area contributed by atoms with Crippen LogP contribution in [0.15, 0.2) is 24.0 Å². The van der Waals surface area contributed by atoms with Gasteiger partial charge in [0, 0.05) is 18.0 Å². The van der Waals surface area contributed by atoms with Crippen molar-refractivity contribution in [3.05, 3.63) is 35.1 Å². The third-order valence-corrected chi connectivity index (χ3v) is 8.32. The number of carbonyl (C=O) groups is 4. The van der Waals surface area contributed by atoms with E-state index in [2.05, 4.69) is 9.64 Å². The molecule has 0 unspecified atom stereocenters. The normalized spacial score (nSPS) is 29.7. The fourth-order valence-electron chi connectivity index (χ4n) is 6.56. The molecule has 1 spiro atoms. The largest absolute Gasteiger partial charge is 0.493 e. The van der Waals surface area contributed by atoms with Gasteiger partial charge < -0.3 is 44.3 Å². The summed E-state index contributed by atoms with van der Waals surface area (Å²) in [6, 6.07) is 3.55. The first-order valence-electron chi connectivity index (χ1n) is 12.5. The summed E-state index contributed by atoms with van der Waals surface area (Å²) in [5.74, 6) is -4.66. The van der Waals surface area contributed by atoms with Crippen LogP contribution in [0.3, 0.4) is 0 Å². The van der Waals surface area contributed by atoms with Crippen LogP contribution in [0.2, 0.25) is 0 Å². The van der Waals surface area contributed by atoms with Crippen LogP contribution in [0.4, 0.5) is 0 Å². The Labute approximate surface area is 222 Å². The molecule has 0 aromatic heterocycles. The van der Waals surface area contributed by atoms with Gasteiger partial charge in [-0.05, 0) is 44.1 Å². The SMILES string of the molecule is COc1ccc2c3c1O[C@@H]1C(OC(=O)C[C@H](O)C(=O)O[C@@H](CC(=O)O)C(=O)O)=CC[C@]4(O)[C@H](C2)N(C)CC[C@@]314. The minimum atomic E-state index is -2.09. The van der Waals surface area contributed by atoms with Crippen molar-refractivity contribution in [1.82, 2.24) is 4.90 Å². The second-order valence-corrected chi connectivity index (χ2v) is 10.3. The molecule has 1 aromatic rings. The number of likely N-dealkylation sites (N-methyl/N-ethyl adjacent to an activating group) is 1. The molecule has 4 N–H and O–H groups in total. The molecular weight excluding hydrogens is 518 g/mol. The summed E-state index contributed by atoms with van der Waals surface area (Å²) in [5, 5.41) is 40.1. The van der Waals surface area contributed by atoms with Crippen molar-refractivity contribution in [1.29, 1.82) is 0 Å². The van der Waals surface area contributed by atoms with Crippen LogP contribution in [0, 0.1) is 0 Å². The minimum Gasteiger partial charge on any atom is -0.493 e. The molecule has 1 fully saturated rings. The van der Waals surface area contributed by atoms with Crippen molar-refractivity contribution < 1.29 is 58.6 Å². The predicted octanol–water partition coefficient (Wildman–Crippen LogP) is -0.262. The number of esters is 2. The van der Waals surface area contributed by atoms with Gasteiger partial charge in [0.1, 0.15) is 5.76 Å². The van der Waals surface area contributed by atoms with E-state index in [9.17, 15) is 29.4 Å². The number of aliphatic hydroxyl groups excluding tert-OH is 1. The number of carboxylic acid groups (broad SMARTS) is 2. The maximum Gasteiger partial charge on any atom is 0.345 e. The monoisotopic (exact) mass is 547 g/mol. The number of ether oxygens (including phenoxy) is 4. The van der Waals surface area contributed by atoms with Crippen molar-refractivity contribution in [3.63, 3.8) is 0 Å². The van der Waals surface area contributed by atoms with Crippen molar-refractivity contribution in [2.75, 3.05) is 20.7 Å². The molecule has 5 rings (SSSR count). The summed E-state index contributed by atoms with van der Waals surface area (Å²) >= 11 is 0. The second-order valence-electron chi connectivity index (χ2n) is 10.3. The number of rotatable bonds is 9. The van der Waals surface area contributed by atoms with Gasteiger partial charge in [-0.2, -0.15) is 0 Å². The maximum absolute atomic E-state index is 12.8. The van der Waals surface area contributed by atoms with Gasteiger partial charge in [-0.1, -0.05) is 6.07 Å². The van der Waals surface area contributed by atoms with E-state index in [1.165, 1.54) is 7.11 Å². The third-order valence-electron chi connectivity index (χ3n) is 8.32. The number of hydrogen-bond acceptors (Lipinski definition) is 11. The molecule has 1 saturated heterocycles. The Morgan fingerprint density at radius 3 is 2.62 bits per heavy atom. The van der Waals surface area contributed by atoms with Crippen molar-refractivity contribution in [2.24, 2.45) is 0 Å². The first-order valence-corrected chi connectivity index (χ1v) is 12.5. The molecule has 210 valence electrons. The third kappa shape index (κ3) is 4.03. The highest BCUT2D eigenvalue weighted by Crippen LogP contribution is 2.65. The Hall–Kier alpha value is -3.68. The summed E-state index contributed by atoms with van der Waals surface area (Å²) < 4.78 is 22.0. The summed E-state index contributed by atoms with van der Waals surface area (Å²) in [6.07, 6.45) is -4.04. The molecule has 6 atom stereocenters. The zero-order chi connectivity index (χ0) is 28.3. The Morgan fingerprint density at radius 2 is 1.95 bits per heavy atom. The van der Waals surface area contributed by atoms with Gasteiger partial charge in [-0.25, -0.2) is 9.59 Å². The number of piperidine rings is 1. The van der Waals surface area contributed by atoms with Crippen LogP contribution in [0.1, 0.15) is 36.8 Å². The highest BCUT2D eigenvalue weighted by molar-refractivity contribution is 5.86. The Kier molecular flexibility index (Phi) is 6.56. The van der Waals surface area contributed by atoms with E-state index in [4.69, 9.17) is 24.4 Å². The quantitative estimate of drug-likeness (QED) is 0.296. The first kappa shape index (κ1) is 26.9. The minimum absolute atomic E-state index is 0.119. The van der Waals surface area contributed by atoms with Gasteiger partial charge in [0.15, 0.2) is 23.7 Å². The smallest absolute Gasteiger partial charge is 0.345 e. The van der Waals surface area contributed by atoms with E-state index in [1.807, 2.05) is 13.1 Å². The van der Waals surface area contributed by atoms with Gasteiger partial charge >= 0.3 is 23.9 Å². The number of carboxylic acids is 2. The molecule has 4 aliphatic rings. The zero-order valence-corrected chi connectivity index (χ0v) is 21.3. The first-order chi connectivity index (χ1) is 18.4. The van der Waals surface area contributed by atoms with Gasteiger partial charge in [0.2, 0.25) is 6.10 Å². The average Bonchev–Trinajstić information content (AvgIpc) is 3.22. The van der Waals surface area contributed by atoms with E-state index in [-0.39, 0.29) is 18.2 Å². The van der Waals surface area contributed by atoms with Crippen LogP contribution < -0.4 is 9.47 Å². The number of methoxy groups -OCH3 is 1. The Bertz CT molecular complexity index is 1280. The lowest BCUT2D eigenvalue weighted by Gasteiger charge is -2.61. The van der Waals surface area contributed by atoms with E-state index in [0.717, 1.165) is 11.1 Å². The number of aliphatic carboxylic acids is 2. The molecule has 2 heterocycles. The molecule has 1 aromatic carbocycles. The summed E-state index contributed by atoms with van der Waals surface area (Å²) in [5.41, 5.74) is -0.295. The van der Waals surface area contributed by atoms with Crippen molar-refractivity contribution >= 4 is 23.9 Å². The Balaban J connectivity index is 1.38. The molecule has 39 heavy (non-hydrogen) atoms. The average molecular weight is 548 g/mol. The van der Waals surface area contributed by atoms with Crippen LogP contribution >= 0.6 is 0 Å². The molecule has 0 radical (unpaired) electrons. The number of likely N-dealkylation sites (tertiary alicyclic amines) is 1. The summed E-state index contributed by atoms with van der Waals surface area (Å²) in [4.78, 5) is 49.0. The van der Waals surface area contributed by atoms with Crippen LogP contribution in [0.25, 0.3) is 0 Å². The zero-order valence-electron chi connectivity index (χ0n) is 21.3. The lowest BCUT2D eigenvalue weighted by molar-refractivity contribution is -0.176. The lowest BCUT2D eigenvalue weighted by atomic mass is 9.50. The van der Waals surface area contributed by atoms with E-state index in [1.54, 1.807) is 12.1 Å². The molecule has 0 amide bonds. The van der Waals surface area contributed by atoms with Gasteiger partial charge in [0.05, 0.1) is 31.0 Å². The molecule has 13 heteroatoms. The van der Waals surface area contributed by atoms with Crippen LogP contribution in [-0.4, -0.2) is 99.9 Å². The van der Waals surface area contributed by atoms with Gasteiger partial charge in [-0.3, -0.25) is 9.59 Å². The fraction of sp³-hybridized carbons (Fsp3) is 0.538. The second kappa shape index (κ2) is 9.50. The number of carbonyl (C=O) groups excluding carboxylic acids is 2. The fourth-order valence-corrected chi connectivity index (χ4v) is 6.56. The van der Waals surface area contributed by atoms with Crippen molar-refractivity contribution in [3.8, 4) is 11.5 Å². The van der Waals surface area contributed by atoms with Gasteiger partial charge in [-0.15, -0.1) is 0 Å². The number of hydrogen-bond donors (Lipinski definition) is 4. The maximum atomic E-state index is 12.8. The van der Waals surface area contributed by atoms with E-state index in [0.29, 0.717) is 30.9 Å². The highest BCUT2D eigenvalue weighted by atomic mass is 16.6. The molecule has 2 bridgehead atoms. The topological polar surface area (TPSA) is 189 Å². The highest BCUT2D eigenvalue weighted by Gasteiger charge is 2.72. The Morgan fingerprint density at radius 1 is 1.21 bits per heavy atom. The number of benzene rings is 1.